The fourth-order valence-electron chi connectivity index (χ4n) is 1.77. The molecule has 0 unspecified atom stereocenters. The summed E-state index contributed by atoms with van der Waals surface area (Å²) >= 11 is 0. The predicted octanol–water partition coefficient (Wildman–Crippen LogP) is 3.75. The zero-order chi connectivity index (χ0) is 7.52. The number of allylic oxidation sites excluding steroid dienone is 1. The summed E-state index contributed by atoms with van der Waals surface area (Å²) in [7, 11) is 2.71. The molecule has 1 nitrogen and oxygen atoms in total. The van der Waals surface area contributed by atoms with Crippen LogP contribution >= 0.6 is 15.9 Å². The Kier molecular flexibility index (Phi) is 2.61. The first-order valence-electron chi connectivity index (χ1n) is 4.28. The van der Waals surface area contributed by atoms with Crippen molar-refractivity contribution in [3.8, 4) is 0 Å². The summed E-state index contributed by atoms with van der Waals surface area (Å²) < 4.78 is 0. The minimum atomic E-state index is 0.893. The SMILES string of the molecule is C1=C(C2CCCCC2)P=P[N]1. The highest BCUT2D eigenvalue weighted by Gasteiger charge is 2.18. The van der Waals surface area contributed by atoms with Crippen molar-refractivity contribution in [2.45, 2.75) is 32.1 Å². The molecule has 0 aromatic heterocycles. The van der Waals surface area contributed by atoms with Gasteiger partial charge in [-0.3, -0.25) is 0 Å². The average Bonchev–Trinajstić information content (AvgIpc) is 2.58. The third-order valence-electron chi connectivity index (χ3n) is 2.43. The Labute approximate surface area is 71.1 Å². The van der Waals surface area contributed by atoms with Crippen LogP contribution in [-0.4, -0.2) is 0 Å². The van der Waals surface area contributed by atoms with Crippen LogP contribution < -0.4 is 5.09 Å². The molecule has 0 spiro atoms. The van der Waals surface area contributed by atoms with Crippen LogP contribution in [0.5, 0.6) is 0 Å². The Bertz CT molecular complexity index is 192. The van der Waals surface area contributed by atoms with Gasteiger partial charge in [0.15, 0.2) is 0 Å². The maximum atomic E-state index is 4.24. The standard InChI is InChI=1S/C8H12NP2/c1-2-4-7(5-3-1)8-6-9-11-10-8/h6-7H,1-5H2. The third-order valence-corrected chi connectivity index (χ3v) is 4.72. The second-order valence-electron chi connectivity index (χ2n) is 3.19. The topological polar surface area (TPSA) is 14.1 Å². The van der Waals surface area contributed by atoms with E-state index in [0.717, 1.165) is 5.92 Å². The van der Waals surface area contributed by atoms with Crippen molar-refractivity contribution in [1.29, 1.82) is 0 Å². The smallest absolute Gasteiger partial charge is 0.0696 e. The molecule has 1 fully saturated rings. The van der Waals surface area contributed by atoms with E-state index in [1.54, 1.807) is 5.31 Å². The van der Waals surface area contributed by atoms with Gasteiger partial charge in [-0.25, -0.2) is 5.09 Å². The maximum absolute atomic E-state index is 4.24. The van der Waals surface area contributed by atoms with E-state index in [4.69, 9.17) is 0 Å². The number of nitrogens with zero attached hydrogens (tertiary/aromatic N) is 1. The van der Waals surface area contributed by atoms with Gasteiger partial charge in [-0.15, -0.1) is 0 Å². The first-order chi connectivity index (χ1) is 5.47. The van der Waals surface area contributed by atoms with Gasteiger partial charge in [0.1, 0.15) is 0 Å². The molecule has 1 heterocycles. The first-order valence-corrected chi connectivity index (χ1v) is 6.72. The van der Waals surface area contributed by atoms with Crippen LogP contribution in [0.15, 0.2) is 11.5 Å². The zero-order valence-corrected chi connectivity index (χ0v) is 8.32. The molecule has 3 heteroatoms. The Morgan fingerprint density at radius 3 is 2.73 bits per heavy atom. The maximum Gasteiger partial charge on any atom is 0.0696 e. The van der Waals surface area contributed by atoms with E-state index in [1.807, 2.05) is 0 Å². The molecule has 0 N–H and O–H groups in total. The molecule has 1 saturated carbocycles. The van der Waals surface area contributed by atoms with E-state index in [9.17, 15) is 0 Å². The molecular formula is C8H12NP2. The first kappa shape index (κ1) is 7.77. The van der Waals surface area contributed by atoms with E-state index >= 15 is 0 Å². The van der Waals surface area contributed by atoms with Gasteiger partial charge in [0.25, 0.3) is 0 Å². The second kappa shape index (κ2) is 3.70. The van der Waals surface area contributed by atoms with Crippen LogP contribution in [0.4, 0.5) is 0 Å². The fraction of sp³-hybridized carbons (Fsp3) is 0.750. The van der Waals surface area contributed by atoms with Gasteiger partial charge < -0.3 is 0 Å². The van der Waals surface area contributed by atoms with Gasteiger partial charge in [-0.2, -0.15) is 0 Å². The van der Waals surface area contributed by atoms with E-state index in [0.29, 0.717) is 0 Å². The summed E-state index contributed by atoms with van der Waals surface area (Å²) in [5.74, 6) is 0.893. The lowest BCUT2D eigenvalue weighted by molar-refractivity contribution is 0.414. The van der Waals surface area contributed by atoms with Crippen molar-refractivity contribution in [3.63, 3.8) is 0 Å². The van der Waals surface area contributed by atoms with Gasteiger partial charge in [0.2, 0.25) is 0 Å². The highest BCUT2D eigenvalue weighted by molar-refractivity contribution is 7.85. The third kappa shape index (κ3) is 1.83. The molecule has 11 heavy (non-hydrogen) atoms. The van der Waals surface area contributed by atoms with E-state index in [2.05, 4.69) is 11.3 Å². The van der Waals surface area contributed by atoms with Gasteiger partial charge >= 0.3 is 0 Å². The number of hydrogen-bond acceptors (Lipinski definition) is 0. The molecule has 0 saturated heterocycles. The molecule has 1 radical (unpaired) electrons. The molecule has 0 atom stereocenters. The Morgan fingerprint density at radius 1 is 1.27 bits per heavy atom. The summed E-state index contributed by atoms with van der Waals surface area (Å²) in [6.07, 6.45) is 9.28. The van der Waals surface area contributed by atoms with Gasteiger partial charge in [-0.1, -0.05) is 19.3 Å². The van der Waals surface area contributed by atoms with Gasteiger partial charge in [0, 0.05) is 11.5 Å². The largest absolute Gasteiger partial charge is 0.230 e. The van der Waals surface area contributed by atoms with Crippen molar-refractivity contribution in [3.05, 3.63) is 11.5 Å². The van der Waals surface area contributed by atoms with Crippen molar-refractivity contribution in [2.24, 2.45) is 5.92 Å². The Morgan fingerprint density at radius 2 is 2.09 bits per heavy atom. The number of hydrogen-bond donors (Lipinski definition) is 0. The second-order valence-corrected chi connectivity index (χ2v) is 5.46. The molecule has 1 aliphatic carbocycles. The molecule has 1 aliphatic heterocycles. The van der Waals surface area contributed by atoms with E-state index in [-0.39, 0.29) is 0 Å². The molecule has 0 aromatic carbocycles. The molecule has 0 amide bonds. The molecular weight excluding hydrogens is 172 g/mol. The van der Waals surface area contributed by atoms with Crippen LogP contribution in [0.25, 0.3) is 0 Å². The molecule has 0 aromatic rings. The molecule has 59 valence electrons. The molecule has 2 aliphatic rings. The van der Waals surface area contributed by atoms with E-state index < -0.39 is 0 Å². The van der Waals surface area contributed by atoms with Gasteiger partial charge in [0.05, 0.1) is 8.02 Å². The van der Waals surface area contributed by atoms with Crippen LogP contribution in [0.2, 0.25) is 0 Å². The monoisotopic (exact) mass is 184 g/mol. The fourth-order valence-corrected chi connectivity index (χ4v) is 3.99. The van der Waals surface area contributed by atoms with Crippen molar-refractivity contribution in [1.82, 2.24) is 5.09 Å². The summed E-state index contributed by atoms with van der Waals surface area (Å²) in [6, 6.07) is 0. The lowest BCUT2D eigenvalue weighted by Gasteiger charge is -2.20. The van der Waals surface area contributed by atoms with Crippen LogP contribution in [-0.2, 0) is 0 Å². The molecule has 2 rings (SSSR count). The van der Waals surface area contributed by atoms with Crippen LogP contribution in [0.3, 0.4) is 0 Å². The average molecular weight is 184 g/mol. The van der Waals surface area contributed by atoms with Crippen molar-refractivity contribution in [2.75, 3.05) is 0 Å². The lowest BCUT2D eigenvalue weighted by atomic mass is 9.89. The highest BCUT2D eigenvalue weighted by Crippen LogP contribution is 2.41. The van der Waals surface area contributed by atoms with Crippen molar-refractivity contribution >= 4 is 15.9 Å². The summed E-state index contributed by atoms with van der Waals surface area (Å²) in [4.78, 5) is 0. The predicted molar refractivity (Wildman–Crippen MR) is 50.6 cm³/mol. The van der Waals surface area contributed by atoms with Crippen molar-refractivity contribution < 1.29 is 0 Å². The van der Waals surface area contributed by atoms with Gasteiger partial charge in [-0.05, 0) is 26.6 Å². The zero-order valence-electron chi connectivity index (χ0n) is 6.53. The lowest BCUT2D eigenvalue weighted by Crippen LogP contribution is -2.05. The summed E-state index contributed by atoms with van der Waals surface area (Å²) in [5, 5.41) is 5.84. The summed E-state index contributed by atoms with van der Waals surface area (Å²) in [5.41, 5.74) is 0. The minimum Gasteiger partial charge on any atom is -0.230 e. The molecule has 0 bridgehead atoms. The quantitative estimate of drug-likeness (QED) is 0.551. The minimum absolute atomic E-state index is 0.893. The van der Waals surface area contributed by atoms with Crippen LogP contribution in [0, 0.1) is 5.92 Å². The Balaban J connectivity index is 1.97. The number of rotatable bonds is 1. The summed E-state index contributed by atoms with van der Waals surface area (Å²) in [6.45, 7) is 0. The highest BCUT2D eigenvalue weighted by atomic mass is 31.7. The Hall–Kier alpha value is 0.140. The van der Waals surface area contributed by atoms with Crippen LogP contribution in [0.1, 0.15) is 32.1 Å². The van der Waals surface area contributed by atoms with E-state index in [1.165, 1.54) is 48.0 Å². The normalized spacial score (nSPS) is 27.8.